The Labute approximate surface area is 110 Å². The van der Waals surface area contributed by atoms with Gasteiger partial charge in [-0.1, -0.05) is 17.3 Å². The molecule has 0 saturated carbocycles. The van der Waals surface area contributed by atoms with Crippen molar-refractivity contribution in [1.29, 1.82) is 0 Å². The molecule has 6 heteroatoms. The van der Waals surface area contributed by atoms with Crippen LogP contribution in [0.1, 0.15) is 21.7 Å². The summed E-state index contributed by atoms with van der Waals surface area (Å²) in [5.41, 5.74) is 1.80. The summed E-state index contributed by atoms with van der Waals surface area (Å²) >= 11 is 0. The molecule has 1 N–H and O–H groups in total. The molecule has 1 heterocycles. The minimum Gasteiger partial charge on any atom is -0.497 e. The summed E-state index contributed by atoms with van der Waals surface area (Å²) in [5, 5.41) is 9.88. The van der Waals surface area contributed by atoms with Gasteiger partial charge < -0.3 is 10.1 Å². The van der Waals surface area contributed by atoms with E-state index in [0.29, 0.717) is 18.7 Å². The van der Waals surface area contributed by atoms with E-state index in [9.17, 15) is 4.79 Å². The highest BCUT2D eigenvalue weighted by Crippen LogP contribution is 2.12. The van der Waals surface area contributed by atoms with Gasteiger partial charge in [-0.25, -0.2) is 4.63 Å². The van der Waals surface area contributed by atoms with Gasteiger partial charge in [0, 0.05) is 6.54 Å². The van der Waals surface area contributed by atoms with Crippen LogP contribution in [0.4, 0.5) is 0 Å². The van der Waals surface area contributed by atoms with Crippen molar-refractivity contribution in [3.63, 3.8) is 0 Å². The van der Waals surface area contributed by atoms with E-state index in [0.717, 1.165) is 11.3 Å². The van der Waals surface area contributed by atoms with Gasteiger partial charge in [0.25, 0.3) is 5.91 Å². The minimum atomic E-state index is -0.276. The van der Waals surface area contributed by atoms with Crippen molar-refractivity contribution in [2.45, 2.75) is 13.3 Å². The number of rotatable bonds is 5. The summed E-state index contributed by atoms with van der Waals surface area (Å²) in [6, 6.07) is 7.72. The van der Waals surface area contributed by atoms with Gasteiger partial charge in [0.15, 0.2) is 5.69 Å². The molecule has 0 fully saturated rings. The number of benzene rings is 1. The van der Waals surface area contributed by atoms with Crippen LogP contribution in [0.2, 0.25) is 0 Å². The van der Waals surface area contributed by atoms with Crippen LogP contribution in [0.5, 0.6) is 5.75 Å². The minimum absolute atomic E-state index is 0.227. The molecular weight excluding hydrogens is 246 g/mol. The van der Waals surface area contributed by atoms with E-state index < -0.39 is 0 Å². The lowest BCUT2D eigenvalue weighted by Crippen LogP contribution is -2.26. The quantitative estimate of drug-likeness (QED) is 0.879. The Bertz CT molecular complexity index is 566. The first kappa shape index (κ1) is 13.1. The molecule has 1 amide bonds. The molecule has 2 aromatic rings. The van der Waals surface area contributed by atoms with Crippen molar-refractivity contribution < 1.29 is 14.2 Å². The van der Waals surface area contributed by atoms with Crippen molar-refractivity contribution >= 4 is 5.91 Å². The first-order valence-corrected chi connectivity index (χ1v) is 5.91. The molecule has 0 atom stereocenters. The van der Waals surface area contributed by atoms with Crippen molar-refractivity contribution in [3.8, 4) is 5.75 Å². The number of nitrogens with zero attached hydrogens (tertiary/aromatic N) is 2. The Kier molecular flexibility index (Phi) is 4.12. The van der Waals surface area contributed by atoms with Crippen LogP contribution in [-0.2, 0) is 6.42 Å². The maximum Gasteiger partial charge on any atom is 0.275 e. The summed E-state index contributed by atoms with van der Waals surface area (Å²) in [6.45, 7) is 2.19. The maximum atomic E-state index is 11.7. The maximum absolute atomic E-state index is 11.7. The summed E-state index contributed by atoms with van der Waals surface area (Å²) in [5.74, 6) is 0.530. The number of carbonyl (C=O) groups excluding carboxylic acids is 1. The number of hydrogen-bond donors (Lipinski definition) is 1. The van der Waals surface area contributed by atoms with Crippen molar-refractivity contribution in [1.82, 2.24) is 15.6 Å². The van der Waals surface area contributed by atoms with Crippen molar-refractivity contribution in [2.75, 3.05) is 13.7 Å². The van der Waals surface area contributed by atoms with Crippen LogP contribution >= 0.6 is 0 Å². The van der Waals surface area contributed by atoms with Gasteiger partial charge in [-0.2, -0.15) is 0 Å². The normalized spacial score (nSPS) is 10.2. The van der Waals surface area contributed by atoms with Crippen LogP contribution < -0.4 is 10.1 Å². The number of hydrogen-bond acceptors (Lipinski definition) is 5. The second-order valence-electron chi connectivity index (χ2n) is 4.06. The molecule has 1 aromatic carbocycles. The van der Waals surface area contributed by atoms with Gasteiger partial charge in [0.1, 0.15) is 11.4 Å². The second kappa shape index (κ2) is 5.99. The number of ether oxygens (including phenoxy) is 1. The third-order valence-electron chi connectivity index (χ3n) is 2.70. The molecule has 2 rings (SSSR count). The second-order valence-corrected chi connectivity index (χ2v) is 4.06. The lowest BCUT2D eigenvalue weighted by atomic mass is 10.1. The lowest BCUT2D eigenvalue weighted by Gasteiger charge is -2.05. The fraction of sp³-hybridized carbons (Fsp3) is 0.308. The molecule has 0 aliphatic carbocycles. The van der Waals surface area contributed by atoms with E-state index in [1.807, 2.05) is 24.3 Å². The van der Waals surface area contributed by atoms with Crippen molar-refractivity contribution in [3.05, 3.63) is 41.2 Å². The highest BCUT2D eigenvalue weighted by atomic mass is 16.6. The van der Waals surface area contributed by atoms with Crippen LogP contribution in [0.25, 0.3) is 0 Å². The zero-order valence-electron chi connectivity index (χ0n) is 10.8. The predicted octanol–water partition coefficient (Wildman–Crippen LogP) is 1.36. The van der Waals surface area contributed by atoms with Gasteiger partial charge in [0.2, 0.25) is 0 Å². The Balaban J connectivity index is 1.86. The van der Waals surface area contributed by atoms with Gasteiger partial charge in [-0.15, -0.1) is 0 Å². The third kappa shape index (κ3) is 3.31. The van der Waals surface area contributed by atoms with Crippen LogP contribution in [0.15, 0.2) is 28.9 Å². The summed E-state index contributed by atoms with van der Waals surface area (Å²) in [4.78, 5) is 11.7. The molecule has 0 bridgehead atoms. The molecule has 6 nitrogen and oxygen atoms in total. The topological polar surface area (TPSA) is 77.2 Å². The standard InChI is InChI=1S/C13H15N3O3/c1-9-12(16-19-15-9)13(17)14-7-6-10-4-3-5-11(8-10)18-2/h3-5,8H,6-7H2,1-2H3,(H,14,17). The van der Waals surface area contributed by atoms with Gasteiger partial charge in [0.05, 0.1) is 7.11 Å². The fourth-order valence-corrected chi connectivity index (χ4v) is 1.67. The number of carbonyl (C=O) groups is 1. The van der Waals surface area contributed by atoms with Gasteiger partial charge >= 0.3 is 0 Å². The summed E-state index contributed by atoms with van der Waals surface area (Å²) in [6.07, 6.45) is 0.716. The van der Waals surface area contributed by atoms with E-state index >= 15 is 0 Å². The molecule has 0 saturated heterocycles. The highest BCUT2D eigenvalue weighted by Gasteiger charge is 2.13. The Morgan fingerprint density at radius 3 is 2.95 bits per heavy atom. The monoisotopic (exact) mass is 261 g/mol. The average molecular weight is 261 g/mol. The number of amides is 1. The first-order chi connectivity index (χ1) is 9.20. The zero-order chi connectivity index (χ0) is 13.7. The molecule has 1 aromatic heterocycles. The summed E-state index contributed by atoms with van der Waals surface area (Å²) in [7, 11) is 1.63. The zero-order valence-corrected chi connectivity index (χ0v) is 10.8. The lowest BCUT2D eigenvalue weighted by molar-refractivity contribution is 0.0944. The molecule has 0 radical (unpaired) electrons. The van der Waals surface area contributed by atoms with E-state index in [1.165, 1.54) is 0 Å². The van der Waals surface area contributed by atoms with E-state index in [-0.39, 0.29) is 11.6 Å². The molecule has 0 unspecified atom stereocenters. The molecular formula is C13H15N3O3. The van der Waals surface area contributed by atoms with E-state index in [4.69, 9.17) is 4.74 Å². The number of aromatic nitrogens is 2. The molecule has 0 aliphatic heterocycles. The molecule has 0 aliphatic rings. The van der Waals surface area contributed by atoms with Crippen LogP contribution in [-0.4, -0.2) is 29.9 Å². The first-order valence-electron chi connectivity index (χ1n) is 5.91. The van der Waals surface area contributed by atoms with E-state index in [2.05, 4.69) is 20.3 Å². The molecule has 100 valence electrons. The molecule has 19 heavy (non-hydrogen) atoms. The van der Waals surface area contributed by atoms with Gasteiger partial charge in [-0.3, -0.25) is 4.79 Å². The predicted molar refractivity (Wildman–Crippen MR) is 68.1 cm³/mol. The molecule has 0 spiro atoms. The fourth-order valence-electron chi connectivity index (χ4n) is 1.67. The van der Waals surface area contributed by atoms with E-state index in [1.54, 1.807) is 14.0 Å². The number of aryl methyl sites for hydroxylation is 1. The average Bonchev–Trinajstić information content (AvgIpc) is 2.85. The number of nitrogens with one attached hydrogen (secondary N) is 1. The Morgan fingerprint density at radius 2 is 2.26 bits per heavy atom. The smallest absolute Gasteiger partial charge is 0.275 e. The SMILES string of the molecule is COc1cccc(CCNC(=O)c2nonc2C)c1. The van der Waals surface area contributed by atoms with Gasteiger partial charge in [-0.05, 0) is 36.2 Å². The largest absolute Gasteiger partial charge is 0.497 e. The van der Waals surface area contributed by atoms with Crippen molar-refractivity contribution in [2.24, 2.45) is 0 Å². The number of methoxy groups -OCH3 is 1. The Hall–Kier alpha value is -2.37. The summed E-state index contributed by atoms with van der Waals surface area (Å²) < 4.78 is 9.62. The van der Waals surface area contributed by atoms with Crippen LogP contribution in [0, 0.1) is 6.92 Å². The highest BCUT2D eigenvalue weighted by molar-refractivity contribution is 5.92. The van der Waals surface area contributed by atoms with Crippen LogP contribution in [0.3, 0.4) is 0 Å². The third-order valence-corrected chi connectivity index (χ3v) is 2.70. The Morgan fingerprint density at radius 1 is 1.42 bits per heavy atom.